The molecule has 0 fully saturated rings. The van der Waals surface area contributed by atoms with Gasteiger partial charge in [-0.25, -0.2) is 8.42 Å². The van der Waals surface area contributed by atoms with E-state index in [2.05, 4.69) is 16.3 Å². The van der Waals surface area contributed by atoms with Gasteiger partial charge in [-0.1, -0.05) is 30.8 Å². The average Bonchev–Trinajstić information content (AvgIpc) is 3.12. The zero-order valence-electron chi connectivity index (χ0n) is 18.8. The Balaban J connectivity index is 1.88. The summed E-state index contributed by atoms with van der Waals surface area (Å²) in [6, 6.07) is 11.0. The SMILES string of the molecule is C=CS(=O)(=O)Nc1cccc(-c2ccc(CC(N)=O)c3[nH]c4c(c23)CC[C@@H](C(C)(C)O)C4)c1. The maximum Gasteiger partial charge on any atom is 0.254 e. The Morgan fingerprint density at radius 2 is 2.09 bits per heavy atom. The number of aryl methyl sites for hydroxylation is 1. The van der Waals surface area contributed by atoms with Crippen LogP contribution in [0.2, 0.25) is 0 Å². The Morgan fingerprint density at radius 3 is 2.76 bits per heavy atom. The molecule has 1 atom stereocenters. The molecule has 1 aromatic heterocycles. The molecule has 0 aliphatic heterocycles. The molecule has 0 bridgehead atoms. The second-order valence-corrected chi connectivity index (χ2v) is 10.9. The highest BCUT2D eigenvalue weighted by Gasteiger charge is 2.33. The number of aromatic amines is 1. The van der Waals surface area contributed by atoms with Crippen molar-refractivity contribution in [3.63, 3.8) is 0 Å². The third-order valence-corrected chi connectivity index (χ3v) is 7.40. The van der Waals surface area contributed by atoms with Gasteiger partial charge in [0, 0.05) is 22.2 Å². The summed E-state index contributed by atoms with van der Waals surface area (Å²) in [7, 11) is -3.63. The number of nitrogens with one attached hydrogen (secondary N) is 2. The molecular weight excluding hydrogens is 438 g/mol. The van der Waals surface area contributed by atoms with Crippen LogP contribution in [0.15, 0.2) is 48.4 Å². The zero-order chi connectivity index (χ0) is 24.0. The van der Waals surface area contributed by atoms with Crippen LogP contribution in [0.25, 0.3) is 22.0 Å². The lowest BCUT2D eigenvalue weighted by Gasteiger charge is -2.32. The van der Waals surface area contributed by atoms with E-state index in [1.54, 1.807) is 18.2 Å². The smallest absolute Gasteiger partial charge is 0.254 e. The number of aromatic nitrogens is 1. The number of hydrogen-bond donors (Lipinski definition) is 4. The molecule has 0 saturated heterocycles. The van der Waals surface area contributed by atoms with Crippen LogP contribution in [0, 0.1) is 5.92 Å². The number of fused-ring (bicyclic) bond motifs is 3. The normalized spacial score (nSPS) is 16.4. The van der Waals surface area contributed by atoms with Gasteiger partial charge < -0.3 is 15.8 Å². The number of carbonyl (C=O) groups excluding carboxylic acids is 1. The van der Waals surface area contributed by atoms with Crippen molar-refractivity contribution < 1.29 is 18.3 Å². The summed E-state index contributed by atoms with van der Waals surface area (Å²) in [5.41, 5.74) is 10.9. The van der Waals surface area contributed by atoms with E-state index in [1.807, 2.05) is 32.0 Å². The molecule has 4 rings (SSSR count). The number of sulfonamides is 1. The molecule has 2 aromatic carbocycles. The van der Waals surface area contributed by atoms with Crippen LogP contribution in [0.1, 0.15) is 37.1 Å². The highest BCUT2D eigenvalue weighted by molar-refractivity contribution is 7.95. The molecule has 174 valence electrons. The summed E-state index contributed by atoms with van der Waals surface area (Å²) in [5.74, 6) is -0.287. The first-order valence-electron chi connectivity index (χ1n) is 10.9. The van der Waals surface area contributed by atoms with Crippen molar-refractivity contribution in [1.82, 2.24) is 4.98 Å². The molecule has 0 spiro atoms. The number of H-pyrrole nitrogens is 1. The zero-order valence-corrected chi connectivity index (χ0v) is 19.6. The molecule has 3 aromatic rings. The first-order chi connectivity index (χ1) is 15.5. The minimum absolute atomic E-state index is 0.115. The standard InChI is InChI=1S/C25H29N3O4S/c1-4-33(31,32)28-18-7-5-6-15(12-18)19-10-8-16(13-22(26)29)24-23(19)20-11-9-17(25(2,3)30)14-21(20)27-24/h4-8,10,12,17,27-28,30H,1,9,11,13-14H2,2-3H3,(H2,26,29)/t17-/m1/s1. The molecule has 7 nitrogen and oxygen atoms in total. The molecule has 33 heavy (non-hydrogen) atoms. The number of aliphatic hydroxyl groups is 1. The molecule has 0 unspecified atom stereocenters. The van der Waals surface area contributed by atoms with Crippen LogP contribution in [0.3, 0.4) is 0 Å². The van der Waals surface area contributed by atoms with Gasteiger partial charge in [0.1, 0.15) is 0 Å². The Labute approximate surface area is 193 Å². The fourth-order valence-electron chi connectivity index (χ4n) is 4.73. The van der Waals surface area contributed by atoms with Crippen molar-refractivity contribution in [2.45, 2.75) is 45.1 Å². The molecule has 1 aliphatic rings. The van der Waals surface area contributed by atoms with E-state index in [-0.39, 0.29) is 12.3 Å². The molecule has 0 saturated carbocycles. The first kappa shape index (κ1) is 23.1. The van der Waals surface area contributed by atoms with Crippen molar-refractivity contribution in [2.75, 3.05) is 4.72 Å². The van der Waals surface area contributed by atoms with Gasteiger partial charge in [0.25, 0.3) is 10.0 Å². The Hall–Kier alpha value is -3.10. The van der Waals surface area contributed by atoms with Crippen molar-refractivity contribution in [3.8, 4) is 11.1 Å². The van der Waals surface area contributed by atoms with Crippen LogP contribution in [0.5, 0.6) is 0 Å². The summed E-state index contributed by atoms with van der Waals surface area (Å²) in [5, 5.41) is 12.4. The van der Waals surface area contributed by atoms with Gasteiger partial charge in [-0.15, -0.1) is 0 Å². The van der Waals surface area contributed by atoms with Crippen molar-refractivity contribution in [2.24, 2.45) is 11.7 Å². The van der Waals surface area contributed by atoms with Crippen molar-refractivity contribution in [3.05, 3.63) is 65.2 Å². The summed E-state index contributed by atoms with van der Waals surface area (Å²) in [6.45, 7) is 7.01. The molecule has 5 N–H and O–H groups in total. The van der Waals surface area contributed by atoms with Crippen molar-refractivity contribution in [1.29, 1.82) is 0 Å². The van der Waals surface area contributed by atoms with E-state index >= 15 is 0 Å². The largest absolute Gasteiger partial charge is 0.390 e. The van der Waals surface area contributed by atoms with Gasteiger partial charge in [0.2, 0.25) is 5.91 Å². The number of anilines is 1. The number of hydrogen-bond acceptors (Lipinski definition) is 4. The lowest BCUT2D eigenvalue weighted by atomic mass is 9.77. The predicted molar refractivity (Wildman–Crippen MR) is 131 cm³/mol. The van der Waals surface area contributed by atoms with E-state index in [4.69, 9.17) is 5.73 Å². The Kier molecular flexibility index (Phi) is 5.84. The highest BCUT2D eigenvalue weighted by atomic mass is 32.2. The summed E-state index contributed by atoms with van der Waals surface area (Å²) in [4.78, 5) is 15.2. The van der Waals surface area contributed by atoms with Gasteiger partial charge in [-0.3, -0.25) is 9.52 Å². The number of rotatable bonds is 7. The van der Waals surface area contributed by atoms with Crippen LogP contribution in [0.4, 0.5) is 5.69 Å². The Morgan fingerprint density at radius 1 is 1.33 bits per heavy atom. The minimum Gasteiger partial charge on any atom is -0.390 e. The van der Waals surface area contributed by atoms with E-state index in [0.29, 0.717) is 12.1 Å². The first-order valence-corrected chi connectivity index (χ1v) is 12.4. The number of primary amides is 1. The van der Waals surface area contributed by atoms with E-state index in [9.17, 15) is 18.3 Å². The van der Waals surface area contributed by atoms with Gasteiger partial charge >= 0.3 is 0 Å². The number of carbonyl (C=O) groups is 1. The summed E-state index contributed by atoms with van der Waals surface area (Å²) < 4.78 is 26.4. The maximum absolute atomic E-state index is 11.9. The molecule has 1 heterocycles. The molecule has 1 amide bonds. The average molecular weight is 468 g/mol. The Bertz CT molecular complexity index is 1350. The highest BCUT2D eigenvalue weighted by Crippen LogP contribution is 2.41. The number of nitrogens with two attached hydrogens (primary N) is 1. The van der Waals surface area contributed by atoms with Crippen molar-refractivity contribution >= 4 is 32.5 Å². The fourth-order valence-corrected chi connectivity index (χ4v) is 5.27. The van der Waals surface area contributed by atoms with E-state index < -0.39 is 21.5 Å². The molecule has 8 heteroatoms. The topological polar surface area (TPSA) is 125 Å². The fraction of sp³-hybridized carbons (Fsp3) is 0.320. The third-order valence-electron chi connectivity index (χ3n) is 6.44. The van der Waals surface area contributed by atoms with Gasteiger partial charge in [-0.05, 0) is 73.4 Å². The molecule has 1 aliphatic carbocycles. The summed E-state index contributed by atoms with van der Waals surface area (Å²) in [6.07, 6.45) is 2.47. The number of amides is 1. The molecular formula is C25H29N3O4S. The maximum atomic E-state index is 11.9. The predicted octanol–water partition coefficient (Wildman–Crippen LogP) is 3.62. The lowest BCUT2D eigenvalue weighted by molar-refractivity contribution is -0.117. The van der Waals surface area contributed by atoms with Crippen LogP contribution in [-0.4, -0.2) is 30.0 Å². The quantitative estimate of drug-likeness (QED) is 0.423. The number of benzene rings is 2. The van der Waals surface area contributed by atoms with Crippen LogP contribution >= 0.6 is 0 Å². The van der Waals surface area contributed by atoms with E-state index in [0.717, 1.165) is 51.5 Å². The molecule has 0 radical (unpaired) electrons. The van der Waals surface area contributed by atoms with Gasteiger partial charge in [0.05, 0.1) is 17.5 Å². The summed E-state index contributed by atoms with van der Waals surface area (Å²) >= 11 is 0. The van der Waals surface area contributed by atoms with Crippen LogP contribution < -0.4 is 10.5 Å². The van der Waals surface area contributed by atoms with Crippen LogP contribution in [-0.2, 0) is 34.1 Å². The monoisotopic (exact) mass is 467 g/mol. The van der Waals surface area contributed by atoms with E-state index in [1.165, 1.54) is 5.56 Å². The second-order valence-electron chi connectivity index (χ2n) is 9.24. The minimum atomic E-state index is -3.63. The second kappa shape index (κ2) is 8.35. The third kappa shape index (κ3) is 4.67. The lowest BCUT2D eigenvalue weighted by Crippen LogP contribution is -2.34. The van der Waals surface area contributed by atoms with Gasteiger partial charge in [0.15, 0.2) is 0 Å². The van der Waals surface area contributed by atoms with Gasteiger partial charge in [-0.2, -0.15) is 0 Å².